The maximum absolute atomic E-state index is 13.1. The summed E-state index contributed by atoms with van der Waals surface area (Å²) in [5.41, 5.74) is 5.35. The predicted molar refractivity (Wildman–Crippen MR) is 121 cm³/mol. The molecular weight excluding hydrogens is 406 g/mol. The molecule has 0 fully saturated rings. The van der Waals surface area contributed by atoms with E-state index in [9.17, 15) is 10.1 Å². The monoisotopic (exact) mass is 431 g/mol. The van der Waals surface area contributed by atoms with Crippen LogP contribution in [-0.4, -0.2) is 11.1 Å². The third-order valence-electron chi connectivity index (χ3n) is 6.74. The molecular formula is C25H25N3O2S. The number of amides is 1. The number of hydrogen-bond donors (Lipinski definition) is 1. The third-order valence-corrected chi connectivity index (χ3v) is 7.91. The number of nitrogens with one attached hydrogen (secondary N) is 1. The number of fused-ring (bicyclic) bond motifs is 4. The first kappa shape index (κ1) is 20.0. The fourth-order valence-electron chi connectivity index (χ4n) is 4.84. The van der Waals surface area contributed by atoms with Crippen molar-refractivity contribution in [3.63, 3.8) is 0 Å². The van der Waals surface area contributed by atoms with Gasteiger partial charge in [0.1, 0.15) is 11.1 Å². The molecule has 1 N–H and O–H groups in total. The molecule has 0 spiro atoms. The van der Waals surface area contributed by atoms with E-state index in [1.807, 2.05) is 18.2 Å². The van der Waals surface area contributed by atoms with Gasteiger partial charge in [-0.3, -0.25) is 4.79 Å². The van der Waals surface area contributed by atoms with Gasteiger partial charge in [-0.15, -0.1) is 11.3 Å². The number of hydrogen-bond acceptors (Lipinski definition) is 5. The number of thiophene rings is 1. The van der Waals surface area contributed by atoms with Crippen molar-refractivity contribution in [1.82, 2.24) is 5.16 Å². The van der Waals surface area contributed by atoms with Crippen molar-refractivity contribution in [2.45, 2.75) is 52.9 Å². The minimum Gasteiger partial charge on any atom is -0.355 e. The summed E-state index contributed by atoms with van der Waals surface area (Å²) >= 11 is 1.55. The molecule has 5 nitrogen and oxygen atoms in total. The van der Waals surface area contributed by atoms with E-state index in [0.717, 1.165) is 48.8 Å². The Morgan fingerprint density at radius 2 is 2.03 bits per heavy atom. The second-order valence-corrected chi connectivity index (χ2v) is 10.7. The fraction of sp³-hybridized carbons (Fsp3) is 0.400. The first-order chi connectivity index (χ1) is 14.9. The van der Waals surface area contributed by atoms with Crippen LogP contribution < -0.4 is 5.32 Å². The number of benzene rings is 1. The Balaban J connectivity index is 1.44. The number of carbonyl (C=O) groups is 1. The first-order valence-electron chi connectivity index (χ1n) is 10.8. The van der Waals surface area contributed by atoms with Crippen LogP contribution in [0.4, 0.5) is 5.00 Å². The Kier molecular flexibility index (Phi) is 4.75. The lowest BCUT2D eigenvalue weighted by Crippen LogP contribution is -2.26. The number of anilines is 1. The van der Waals surface area contributed by atoms with E-state index in [2.05, 4.69) is 43.4 Å². The Hall–Kier alpha value is -2.91. The van der Waals surface area contributed by atoms with E-state index in [1.165, 1.54) is 10.4 Å². The summed E-state index contributed by atoms with van der Waals surface area (Å²) in [6, 6.07) is 10.4. The highest BCUT2D eigenvalue weighted by molar-refractivity contribution is 7.16. The second-order valence-electron chi connectivity index (χ2n) is 9.58. The van der Waals surface area contributed by atoms with Crippen LogP contribution in [0.2, 0.25) is 0 Å². The summed E-state index contributed by atoms with van der Waals surface area (Å²) in [5.74, 6) is 0.967. The van der Waals surface area contributed by atoms with Gasteiger partial charge in [0.05, 0.1) is 5.56 Å². The lowest BCUT2D eigenvalue weighted by atomic mass is 9.72. The van der Waals surface area contributed by atoms with Crippen LogP contribution in [0.3, 0.4) is 0 Å². The molecule has 1 aromatic carbocycles. The number of aryl methyl sites for hydroxylation is 1. The van der Waals surface area contributed by atoms with Crippen LogP contribution in [-0.2, 0) is 25.7 Å². The molecule has 0 unspecified atom stereocenters. The Labute approximate surface area is 186 Å². The van der Waals surface area contributed by atoms with Gasteiger partial charge in [0.15, 0.2) is 11.5 Å². The van der Waals surface area contributed by atoms with Crippen molar-refractivity contribution < 1.29 is 9.32 Å². The van der Waals surface area contributed by atoms with Gasteiger partial charge in [-0.05, 0) is 54.6 Å². The van der Waals surface area contributed by atoms with Gasteiger partial charge in [0.2, 0.25) is 0 Å². The average molecular weight is 432 g/mol. The molecule has 158 valence electrons. The maximum atomic E-state index is 13.1. The zero-order valence-corrected chi connectivity index (χ0v) is 18.9. The summed E-state index contributed by atoms with van der Waals surface area (Å²) in [4.78, 5) is 14.4. The summed E-state index contributed by atoms with van der Waals surface area (Å²) in [7, 11) is 0. The van der Waals surface area contributed by atoms with Crippen molar-refractivity contribution in [3.8, 4) is 17.4 Å². The summed E-state index contributed by atoms with van der Waals surface area (Å²) in [6.07, 6.45) is 4.51. The molecule has 1 atom stereocenters. The quantitative estimate of drug-likeness (QED) is 0.558. The van der Waals surface area contributed by atoms with Gasteiger partial charge in [-0.1, -0.05) is 50.2 Å². The normalized spacial score (nSPS) is 17.3. The Bertz CT molecular complexity index is 1220. The van der Waals surface area contributed by atoms with Crippen LogP contribution >= 0.6 is 11.3 Å². The van der Waals surface area contributed by atoms with Crippen LogP contribution in [0, 0.1) is 22.7 Å². The zero-order valence-electron chi connectivity index (χ0n) is 18.0. The SMILES string of the molecule is CC(C)(C)[C@H]1CCc2c(sc(NC(=O)c3noc4c3CCc3ccccc3-4)c2C#N)C1. The molecule has 2 heterocycles. The molecule has 0 radical (unpaired) electrons. The summed E-state index contributed by atoms with van der Waals surface area (Å²) in [6.45, 7) is 6.82. The van der Waals surface area contributed by atoms with Crippen LogP contribution in [0.25, 0.3) is 11.3 Å². The molecule has 2 aliphatic carbocycles. The minimum absolute atomic E-state index is 0.230. The molecule has 2 aliphatic rings. The number of carbonyl (C=O) groups excluding carboxylic acids is 1. The van der Waals surface area contributed by atoms with Gasteiger partial charge in [0.25, 0.3) is 5.91 Å². The molecule has 5 rings (SSSR count). The van der Waals surface area contributed by atoms with Crippen molar-refractivity contribution in [2.24, 2.45) is 11.3 Å². The van der Waals surface area contributed by atoms with Gasteiger partial charge in [-0.2, -0.15) is 5.26 Å². The van der Waals surface area contributed by atoms with Crippen molar-refractivity contribution in [3.05, 3.63) is 57.1 Å². The molecule has 6 heteroatoms. The highest BCUT2D eigenvalue weighted by Crippen LogP contribution is 2.44. The van der Waals surface area contributed by atoms with Gasteiger partial charge < -0.3 is 9.84 Å². The Morgan fingerprint density at radius 1 is 1.23 bits per heavy atom. The molecule has 0 saturated heterocycles. The molecule has 0 saturated carbocycles. The highest BCUT2D eigenvalue weighted by Gasteiger charge is 2.33. The van der Waals surface area contributed by atoms with Gasteiger partial charge in [-0.25, -0.2) is 0 Å². The standard InChI is InChI=1S/C25H25N3O2S/c1-25(2,3)15-9-11-17-19(13-26)24(31-20(17)12-15)27-23(29)21-18-10-8-14-6-4-5-7-16(14)22(18)30-28-21/h4-7,15H,8-12H2,1-3H3,(H,27,29)/t15-/m0/s1. The smallest absolute Gasteiger partial charge is 0.278 e. The molecule has 31 heavy (non-hydrogen) atoms. The molecule has 1 amide bonds. The number of rotatable bonds is 2. The van der Waals surface area contributed by atoms with E-state index in [1.54, 1.807) is 11.3 Å². The molecule has 0 aliphatic heterocycles. The number of nitrogens with zero attached hydrogens (tertiary/aromatic N) is 2. The second kappa shape index (κ2) is 7.35. The van der Waals surface area contributed by atoms with Crippen molar-refractivity contribution >= 4 is 22.2 Å². The molecule has 0 bridgehead atoms. The number of nitriles is 1. The van der Waals surface area contributed by atoms with E-state index < -0.39 is 0 Å². The maximum Gasteiger partial charge on any atom is 0.278 e. The third kappa shape index (κ3) is 3.37. The summed E-state index contributed by atoms with van der Waals surface area (Å²) in [5, 5.41) is 17.5. The van der Waals surface area contributed by atoms with Crippen molar-refractivity contribution in [2.75, 3.05) is 5.32 Å². The molecule has 2 aromatic heterocycles. The first-order valence-corrected chi connectivity index (χ1v) is 11.6. The van der Waals surface area contributed by atoms with E-state index >= 15 is 0 Å². The van der Waals surface area contributed by atoms with E-state index in [-0.39, 0.29) is 11.3 Å². The van der Waals surface area contributed by atoms with E-state index in [4.69, 9.17) is 4.52 Å². The summed E-state index contributed by atoms with van der Waals surface area (Å²) < 4.78 is 5.59. The highest BCUT2D eigenvalue weighted by atomic mass is 32.1. The lowest BCUT2D eigenvalue weighted by molar-refractivity contribution is 0.101. The van der Waals surface area contributed by atoms with Gasteiger partial charge >= 0.3 is 0 Å². The fourth-order valence-corrected chi connectivity index (χ4v) is 6.12. The molecule has 3 aromatic rings. The topological polar surface area (TPSA) is 78.9 Å². The minimum atomic E-state index is -0.299. The number of aromatic nitrogens is 1. The van der Waals surface area contributed by atoms with Gasteiger partial charge in [0, 0.05) is 16.0 Å². The van der Waals surface area contributed by atoms with Crippen LogP contribution in [0.1, 0.15) is 64.8 Å². The zero-order chi connectivity index (χ0) is 21.8. The average Bonchev–Trinajstić information content (AvgIpc) is 3.33. The predicted octanol–water partition coefficient (Wildman–Crippen LogP) is 5.78. The van der Waals surface area contributed by atoms with Crippen LogP contribution in [0.15, 0.2) is 28.8 Å². The van der Waals surface area contributed by atoms with Crippen molar-refractivity contribution in [1.29, 1.82) is 5.26 Å². The lowest BCUT2D eigenvalue weighted by Gasteiger charge is -2.33. The largest absolute Gasteiger partial charge is 0.355 e. The van der Waals surface area contributed by atoms with Crippen LogP contribution in [0.5, 0.6) is 0 Å². The van der Waals surface area contributed by atoms with E-state index in [0.29, 0.717) is 27.9 Å². The Morgan fingerprint density at radius 3 is 2.81 bits per heavy atom.